The lowest BCUT2D eigenvalue weighted by Gasteiger charge is -2.37. The van der Waals surface area contributed by atoms with E-state index in [1.807, 2.05) is 18.2 Å². The van der Waals surface area contributed by atoms with Crippen molar-refractivity contribution < 1.29 is 0 Å². The number of hydrogen-bond donors (Lipinski definition) is 1. The average Bonchev–Trinajstić information content (AvgIpc) is 2.74. The first-order valence-electron chi connectivity index (χ1n) is 6.19. The van der Waals surface area contributed by atoms with Gasteiger partial charge in [-0.3, -0.25) is 0 Å². The van der Waals surface area contributed by atoms with Gasteiger partial charge in [0.1, 0.15) is 0 Å². The highest BCUT2D eigenvalue weighted by Gasteiger charge is 2.24. The molecule has 1 aliphatic heterocycles. The standard InChI is InChI=1S/C13H16ClN3S/c1-8-7-17(9(2)6-15-8)13-16-11-4-3-10(14)5-12(11)18-13/h3-5,8-9,15H,6-7H2,1-2H3/t8-,9+/m0/s1. The summed E-state index contributed by atoms with van der Waals surface area (Å²) in [5.74, 6) is 0. The third-order valence-corrected chi connectivity index (χ3v) is 4.64. The smallest absolute Gasteiger partial charge is 0.186 e. The molecule has 1 aromatic heterocycles. The van der Waals surface area contributed by atoms with Gasteiger partial charge in [-0.25, -0.2) is 4.98 Å². The Balaban J connectivity index is 1.97. The van der Waals surface area contributed by atoms with Crippen LogP contribution in [0.2, 0.25) is 5.02 Å². The number of fused-ring (bicyclic) bond motifs is 1. The quantitative estimate of drug-likeness (QED) is 0.870. The van der Waals surface area contributed by atoms with Gasteiger partial charge >= 0.3 is 0 Å². The molecule has 3 rings (SSSR count). The zero-order valence-electron chi connectivity index (χ0n) is 10.5. The lowest BCUT2D eigenvalue weighted by atomic mass is 10.1. The summed E-state index contributed by atoms with van der Waals surface area (Å²) in [6.45, 7) is 6.47. The molecule has 2 heterocycles. The first kappa shape index (κ1) is 12.2. The Morgan fingerprint density at radius 3 is 3.11 bits per heavy atom. The van der Waals surface area contributed by atoms with E-state index in [-0.39, 0.29) is 0 Å². The topological polar surface area (TPSA) is 28.2 Å². The minimum atomic E-state index is 0.484. The number of halogens is 1. The fraction of sp³-hybridized carbons (Fsp3) is 0.462. The molecule has 0 amide bonds. The summed E-state index contributed by atoms with van der Waals surface area (Å²) in [7, 11) is 0. The Morgan fingerprint density at radius 1 is 1.44 bits per heavy atom. The summed E-state index contributed by atoms with van der Waals surface area (Å²) < 4.78 is 1.16. The molecule has 2 aromatic rings. The summed E-state index contributed by atoms with van der Waals surface area (Å²) in [6.07, 6.45) is 0. The van der Waals surface area contributed by atoms with Gasteiger partial charge in [-0.1, -0.05) is 22.9 Å². The molecule has 0 radical (unpaired) electrons. The predicted molar refractivity (Wildman–Crippen MR) is 78.9 cm³/mol. The van der Waals surface area contributed by atoms with E-state index >= 15 is 0 Å². The average molecular weight is 282 g/mol. The van der Waals surface area contributed by atoms with Crippen LogP contribution in [0.5, 0.6) is 0 Å². The molecule has 0 saturated carbocycles. The van der Waals surface area contributed by atoms with Gasteiger partial charge < -0.3 is 10.2 Å². The second-order valence-electron chi connectivity index (χ2n) is 4.92. The molecule has 18 heavy (non-hydrogen) atoms. The number of anilines is 1. The molecule has 0 bridgehead atoms. The lowest BCUT2D eigenvalue weighted by molar-refractivity contribution is 0.425. The highest BCUT2D eigenvalue weighted by molar-refractivity contribution is 7.22. The van der Waals surface area contributed by atoms with Crippen LogP contribution in [0.4, 0.5) is 5.13 Å². The third kappa shape index (κ3) is 2.20. The van der Waals surface area contributed by atoms with Gasteiger partial charge in [-0.15, -0.1) is 0 Å². The normalized spacial score (nSPS) is 24.7. The lowest BCUT2D eigenvalue weighted by Crippen LogP contribution is -2.54. The van der Waals surface area contributed by atoms with Crippen molar-refractivity contribution in [2.75, 3.05) is 18.0 Å². The van der Waals surface area contributed by atoms with Crippen LogP contribution in [0.15, 0.2) is 18.2 Å². The number of hydrogen-bond acceptors (Lipinski definition) is 4. The van der Waals surface area contributed by atoms with E-state index in [9.17, 15) is 0 Å². The van der Waals surface area contributed by atoms with E-state index in [0.29, 0.717) is 12.1 Å². The zero-order valence-corrected chi connectivity index (χ0v) is 12.1. The second-order valence-corrected chi connectivity index (χ2v) is 6.36. The fourth-order valence-corrected chi connectivity index (χ4v) is 3.65. The van der Waals surface area contributed by atoms with Crippen LogP contribution in [-0.4, -0.2) is 30.2 Å². The monoisotopic (exact) mass is 281 g/mol. The van der Waals surface area contributed by atoms with Gasteiger partial charge in [0.2, 0.25) is 0 Å². The van der Waals surface area contributed by atoms with Crippen molar-refractivity contribution >= 4 is 38.3 Å². The molecular formula is C13H16ClN3S. The van der Waals surface area contributed by atoms with Crippen molar-refractivity contribution in [3.05, 3.63) is 23.2 Å². The van der Waals surface area contributed by atoms with Gasteiger partial charge in [0, 0.05) is 30.2 Å². The van der Waals surface area contributed by atoms with Gasteiger partial charge in [-0.2, -0.15) is 0 Å². The SMILES string of the molecule is C[C@@H]1CN[C@@H](C)CN1c1nc2ccc(Cl)cc2s1. The Morgan fingerprint density at radius 2 is 2.28 bits per heavy atom. The molecule has 0 unspecified atom stereocenters. The largest absolute Gasteiger partial charge is 0.343 e. The molecule has 96 valence electrons. The van der Waals surface area contributed by atoms with Crippen LogP contribution < -0.4 is 10.2 Å². The number of piperazine rings is 1. The molecule has 5 heteroatoms. The molecule has 2 atom stereocenters. The summed E-state index contributed by atoms with van der Waals surface area (Å²) >= 11 is 7.75. The molecule has 1 N–H and O–H groups in total. The molecule has 1 aromatic carbocycles. The number of nitrogens with zero attached hydrogens (tertiary/aromatic N) is 2. The van der Waals surface area contributed by atoms with Gasteiger partial charge in [-0.05, 0) is 32.0 Å². The molecule has 1 saturated heterocycles. The summed E-state index contributed by atoms with van der Waals surface area (Å²) in [5, 5.41) is 5.37. The molecule has 3 nitrogen and oxygen atoms in total. The summed E-state index contributed by atoms with van der Waals surface area (Å²) in [6, 6.07) is 6.88. The molecule has 0 spiro atoms. The van der Waals surface area contributed by atoms with Gasteiger partial charge in [0.05, 0.1) is 10.2 Å². The first-order valence-corrected chi connectivity index (χ1v) is 7.39. The van der Waals surface area contributed by atoms with E-state index in [1.165, 1.54) is 0 Å². The first-order chi connectivity index (χ1) is 8.63. The maximum Gasteiger partial charge on any atom is 0.186 e. The van der Waals surface area contributed by atoms with Crippen LogP contribution in [0.3, 0.4) is 0 Å². The van der Waals surface area contributed by atoms with Crippen LogP contribution in [0.25, 0.3) is 10.2 Å². The van der Waals surface area contributed by atoms with Gasteiger partial charge in [0.25, 0.3) is 0 Å². The van der Waals surface area contributed by atoms with Crippen LogP contribution >= 0.6 is 22.9 Å². The number of aromatic nitrogens is 1. The highest BCUT2D eigenvalue weighted by atomic mass is 35.5. The number of benzene rings is 1. The summed E-state index contributed by atoms with van der Waals surface area (Å²) in [5.41, 5.74) is 1.04. The Labute approximate surface area is 116 Å². The maximum absolute atomic E-state index is 6.02. The zero-order chi connectivity index (χ0) is 12.7. The van der Waals surface area contributed by atoms with Crippen LogP contribution in [0.1, 0.15) is 13.8 Å². The van der Waals surface area contributed by atoms with Crippen molar-refractivity contribution in [1.82, 2.24) is 10.3 Å². The Hall–Kier alpha value is -0.840. The van der Waals surface area contributed by atoms with E-state index in [1.54, 1.807) is 11.3 Å². The van der Waals surface area contributed by atoms with Crippen molar-refractivity contribution in [3.8, 4) is 0 Å². The van der Waals surface area contributed by atoms with Crippen molar-refractivity contribution in [1.29, 1.82) is 0 Å². The molecule has 0 aliphatic carbocycles. The number of thiazole rings is 1. The van der Waals surface area contributed by atoms with Crippen molar-refractivity contribution in [2.45, 2.75) is 25.9 Å². The van der Waals surface area contributed by atoms with Crippen LogP contribution in [0, 0.1) is 0 Å². The number of nitrogens with one attached hydrogen (secondary N) is 1. The van der Waals surface area contributed by atoms with E-state index in [2.05, 4.69) is 24.1 Å². The van der Waals surface area contributed by atoms with E-state index in [4.69, 9.17) is 16.6 Å². The third-order valence-electron chi connectivity index (χ3n) is 3.35. The second kappa shape index (κ2) is 4.68. The molecule has 1 aliphatic rings. The fourth-order valence-electron chi connectivity index (χ4n) is 2.30. The van der Waals surface area contributed by atoms with Crippen molar-refractivity contribution in [3.63, 3.8) is 0 Å². The van der Waals surface area contributed by atoms with Gasteiger partial charge in [0.15, 0.2) is 5.13 Å². The van der Waals surface area contributed by atoms with E-state index < -0.39 is 0 Å². The Kier molecular flexibility index (Phi) is 3.18. The van der Waals surface area contributed by atoms with E-state index in [0.717, 1.165) is 33.5 Å². The molecule has 1 fully saturated rings. The summed E-state index contributed by atoms with van der Waals surface area (Å²) in [4.78, 5) is 7.11. The minimum Gasteiger partial charge on any atom is -0.343 e. The van der Waals surface area contributed by atoms with Crippen molar-refractivity contribution in [2.24, 2.45) is 0 Å². The van der Waals surface area contributed by atoms with Crippen LogP contribution in [-0.2, 0) is 0 Å². The number of rotatable bonds is 1. The highest BCUT2D eigenvalue weighted by Crippen LogP contribution is 2.32. The predicted octanol–water partition coefficient (Wildman–Crippen LogP) is 3.14. The molecular weight excluding hydrogens is 266 g/mol. The minimum absolute atomic E-state index is 0.484. The maximum atomic E-state index is 6.02. The Bertz CT molecular complexity index is 568.